The van der Waals surface area contributed by atoms with Crippen molar-refractivity contribution < 1.29 is 13.7 Å². The third kappa shape index (κ3) is 2.20. The quantitative estimate of drug-likeness (QED) is 0.461. The van der Waals surface area contributed by atoms with Crippen LogP contribution in [-0.4, -0.2) is 9.91 Å². The fraction of sp³-hybridized carbons (Fsp3) is 0.375. The first-order chi connectivity index (χ1) is 6.99. The summed E-state index contributed by atoms with van der Waals surface area (Å²) in [5.74, 6) is -0.219. The van der Waals surface area contributed by atoms with Crippen LogP contribution in [0.3, 0.4) is 0 Å². The zero-order valence-corrected chi connectivity index (χ0v) is 8.46. The Morgan fingerprint density at radius 2 is 2.27 bits per heavy atom. The standard InChI is InChI=1S/C8H7ClF2N2O2/c1-4-6(8(10)11)7(13(14)15)5(2-9)3-12-4/h3,8H,2H2,1H3. The molecule has 0 aliphatic rings. The first kappa shape index (κ1) is 11.8. The molecule has 1 heterocycles. The van der Waals surface area contributed by atoms with Crippen LogP contribution in [0.25, 0.3) is 0 Å². The molecule has 0 aliphatic carbocycles. The van der Waals surface area contributed by atoms with Gasteiger partial charge in [0.15, 0.2) is 0 Å². The van der Waals surface area contributed by atoms with Crippen molar-refractivity contribution in [2.75, 3.05) is 0 Å². The first-order valence-electron chi connectivity index (χ1n) is 3.96. The minimum atomic E-state index is -2.93. The van der Waals surface area contributed by atoms with E-state index >= 15 is 0 Å². The molecule has 0 bridgehead atoms. The van der Waals surface area contributed by atoms with E-state index in [0.29, 0.717) is 0 Å². The molecule has 0 radical (unpaired) electrons. The average molecular weight is 237 g/mol. The van der Waals surface area contributed by atoms with Crippen LogP contribution >= 0.6 is 11.6 Å². The summed E-state index contributed by atoms with van der Waals surface area (Å²) in [5, 5.41) is 10.6. The van der Waals surface area contributed by atoms with E-state index in [0.717, 1.165) is 6.20 Å². The Balaban J connectivity index is 3.51. The SMILES string of the molecule is Cc1ncc(CCl)c([N+](=O)[O-])c1C(F)F. The minimum Gasteiger partial charge on any atom is -0.260 e. The molecular formula is C8H7ClF2N2O2. The highest BCUT2D eigenvalue weighted by atomic mass is 35.5. The number of nitro groups is 1. The van der Waals surface area contributed by atoms with Crippen LogP contribution in [0.1, 0.15) is 23.2 Å². The third-order valence-corrected chi connectivity index (χ3v) is 2.20. The minimum absolute atomic E-state index is 0.00238. The van der Waals surface area contributed by atoms with E-state index in [2.05, 4.69) is 4.98 Å². The van der Waals surface area contributed by atoms with Gasteiger partial charge in [-0.1, -0.05) is 0 Å². The van der Waals surface area contributed by atoms with E-state index in [9.17, 15) is 18.9 Å². The number of nitrogens with zero attached hydrogens (tertiary/aromatic N) is 2. The number of alkyl halides is 3. The lowest BCUT2D eigenvalue weighted by molar-refractivity contribution is -0.387. The molecule has 4 nitrogen and oxygen atoms in total. The average Bonchev–Trinajstić information content (AvgIpc) is 2.16. The number of aromatic nitrogens is 1. The van der Waals surface area contributed by atoms with Crippen molar-refractivity contribution in [3.8, 4) is 0 Å². The van der Waals surface area contributed by atoms with Gasteiger partial charge in [0.2, 0.25) is 0 Å². The number of hydrogen-bond acceptors (Lipinski definition) is 3. The van der Waals surface area contributed by atoms with E-state index in [1.54, 1.807) is 0 Å². The molecule has 0 aromatic carbocycles. The summed E-state index contributed by atoms with van der Waals surface area (Å²) in [4.78, 5) is 13.4. The Labute approximate surface area is 89.0 Å². The van der Waals surface area contributed by atoms with Crippen LogP contribution in [0.15, 0.2) is 6.20 Å². The largest absolute Gasteiger partial charge is 0.286 e. The fourth-order valence-corrected chi connectivity index (χ4v) is 1.42. The summed E-state index contributed by atoms with van der Waals surface area (Å²) >= 11 is 5.42. The molecule has 7 heteroatoms. The molecule has 0 spiro atoms. The lowest BCUT2D eigenvalue weighted by Gasteiger charge is -2.07. The van der Waals surface area contributed by atoms with Gasteiger partial charge >= 0.3 is 0 Å². The maximum absolute atomic E-state index is 12.6. The zero-order chi connectivity index (χ0) is 11.6. The summed E-state index contributed by atoms with van der Waals surface area (Å²) in [6, 6.07) is 0. The molecule has 0 unspecified atom stereocenters. The number of rotatable bonds is 3. The summed E-state index contributed by atoms with van der Waals surface area (Å²) in [5.41, 5.74) is -1.33. The second kappa shape index (κ2) is 4.48. The maximum atomic E-state index is 12.6. The van der Waals surface area contributed by atoms with Gasteiger partial charge in [0.1, 0.15) is 5.56 Å². The molecule has 0 aliphatic heterocycles. The van der Waals surface area contributed by atoms with E-state index in [1.807, 2.05) is 0 Å². The molecule has 0 amide bonds. The summed E-state index contributed by atoms with van der Waals surface area (Å²) < 4.78 is 25.2. The Kier molecular flexibility index (Phi) is 3.52. The lowest BCUT2D eigenvalue weighted by atomic mass is 10.1. The van der Waals surface area contributed by atoms with E-state index in [1.165, 1.54) is 6.92 Å². The molecule has 1 aromatic heterocycles. The molecule has 0 saturated carbocycles. The number of halogens is 3. The smallest absolute Gasteiger partial charge is 0.260 e. The second-order valence-corrected chi connectivity index (χ2v) is 3.09. The monoisotopic (exact) mass is 236 g/mol. The van der Waals surface area contributed by atoms with E-state index < -0.39 is 22.6 Å². The van der Waals surface area contributed by atoms with Crippen molar-refractivity contribution in [1.29, 1.82) is 0 Å². The molecular weight excluding hydrogens is 230 g/mol. The topological polar surface area (TPSA) is 56.0 Å². The van der Waals surface area contributed by atoms with Crippen LogP contribution in [0.2, 0.25) is 0 Å². The van der Waals surface area contributed by atoms with Gasteiger partial charge in [-0.05, 0) is 6.92 Å². The van der Waals surface area contributed by atoms with Gasteiger partial charge in [-0.15, -0.1) is 11.6 Å². The number of aryl methyl sites for hydroxylation is 1. The van der Waals surface area contributed by atoms with Gasteiger partial charge in [-0.2, -0.15) is 0 Å². The van der Waals surface area contributed by atoms with Gasteiger partial charge in [0.05, 0.1) is 22.1 Å². The van der Waals surface area contributed by atoms with Gasteiger partial charge in [0, 0.05) is 6.20 Å². The van der Waals surface area contributed by atoms with Gasteiger partial charge in [-0.3, -0.25) is 15.1 Å². The molecule has 0 fully saturated rings. The molecule has 1 aromatic rings. The Morgan fingerprint density at radius 1 is 1.67 bits per heavy atom. The predicted octanol–water partition coefficient (Wildman–Crippen LogP) is 2.97. The van der Waals surface area contributed by atoms with Gasteiger partial charge < -0.3 is 0 Å². The van der Waals surface area contributed by atoms with Crippen molar-refractivity contribution in [2.45, 2.75) is 19.2 Å². The van der Waals surface area contributed by atoms with Crippen molar-refractivity contribution in [1.82, 2.24) is 4.98 Å². The number of pyridine rings is 1. The van der Waals surface area contributed by atoms with Crippen LogP contribution in [0.4, 0.5) is 14.5 Å². The van der Waals surface area contributed by atoms with E-state index in [4.69, 9.17) is 11.6 Å². The van der Waals surface area contributed by atoms with Crippen molar-refractivity contribution >= 4 is 17.3 Å². The van der Waals surface area contributed by atoms with E-state index in [-0.39, 0.29) is 17.1 Å². The molecule has 0 atom stereocenters. The molecule has 1 rings (SSSR count). The van der Waals surface area contributed by atoms with Crippen molar-refractivity contribution in [3.05, 3.63) is 33.1 Å². The van der Waals surface area contributed by atoms with Crippen molar-refractivity contribution in [2.24, 2.45) is 0 Å². The lowest BCUT2D eigenvalue weighted by Crippen LogP contribution is -2.04. The molecule has 0 saturated heterocycles. The highest BCUT2D eigenvalue weighted by Crippen LogP contribution is 2.33. The van der Waals surface area contributed by atoms with Crippen LogP contribution < -0.4 is 0 Å². The summed E-state index contributed by atoms with van der Waals surface area (Å²) in [6.07, 6.45) is -1.78. The van der Waals surface area contributed by atoms with Crippen LogP contribution in [0.5, 0.6) is 0 Å². The molecule has 82 valence electrons. The Hall–Kier alpha value is -1.30. The second-order valence-electron chi connectivity index (χ2n) is 2.82. The normalized spacial score (nSPS) is 10.7. The Morgan fingerprint density at radius 3 is 2.67 bits per heavy atom. The van der Waals surface area contributed by atoms with Crippen molar-refractivity contribution in [3.63, 3.8) is 0 Å². The molecule has 0 N–H and O–H groups in total. The fourth-order valence-electron chi connectivity index (χ4n) is 1.22. The van der Waals surface area contributed by atoms with Gasteiger partial charge in [-0.25, -0.2) is 8.78 Å². The number of hydrogen-bond donors (Lipinski definition) is 0. The van der Waals surface area contributed by atoms with Gasteiger partial charge in [0.25, 0.3) is 12.1 Å². The summed E-state index contributed by atoms with van der Waals surface area (Å²) in [6.45, 7) is 1.30. The Bertz CT molecular complexity index is 398. The van der Waals surface area contributed by atoms with Crippen LogP contribution in [-0.2, 0) is 5.88 Å². The highest BCUT2D eigenvalue weighted by molar-refractivity contribution is 6.17. The highest BCUT2D eigenvalue weighted by Gasteiger charge is 2.28. The zero-order valence-electron chi connectivity index (χ0n) is 7.71. The predicted molar refractivity (Wildman–Crippen MR) is 50.1 cm³/mol. The summed E-state index contributed by atoms with van der Waals surface area (Å²) in [7, 11) is 0. The van der Waals surface area contributed by atoms with Crippen LogP contribution in [0, 0.1) is 17.0 Å². The third-order valence-electron chi connectivity index (χ3n) is 1.91. The molecule has 15 heavy (non-hydrogen) atoms. The maximum Gasteiger partial charge on any atom is 0.286 e. The first-order valence-corrected chi connectivity index (χ1v) is 4.49.